The van der Waals surface area contributed by atoms with Gasteiger partial charge in [0.1, 0.15) is 5.82 Å². The number of nitrogens with one attached hydrogen (secondary N) is 1. The van der Waals surface area contributed by atoms with Crippen LogP contribution in [0.1, 0.15) is 24.1 Å². The summed E-state index contributed by atoms with van der Waals surface area (Å²) in [7, 11) is 0. The molecule has 106 valence electrons. The van der Waals surface area contributed by atoms with Crippen molar-refractivity contribution in [3.8, 4) is 0 Å². The Morgan fingerprint density at radius 1 is 1.10 bits per heavy atom. The molecule has 0 bridgehead atoms. The highest BCUT2D eigenvalue weighted by Crippen LogP contribution is 2.30. The molecule has 0 fully saturated rings. The number of rotatable bonds is 4. The fourth-order valence-corrected chi connectivity index (χ4v) is 2.72. The minimum Gasteiger partial charge on any atom is -0.307 e. The van der Waals surface area contributed by atoms with E-state index >= 15 is 0 Å². The Morgan fingerprint density at radius 3 is 2.35 bits per heavy atom. The number of hydrogen-bond acceptors (Lipinski definition) is 1. The van der Waals surface area contributed by atoms with Gasteiger partial charge in [0.2, 0.25) is 0 Å². The zero-order valence-electron chi connectivity index (χ0n) is 10.8. The summed E-state index contributed by atoms with van der Waals surface area (Å²) in [4.78, 5) is 0. The van der Waals surface area contributed by atoms with E-state index in [2.05, 4.69) is 21.2 Å². The summed E-state index contributed by atoms with van der Waals surface area (Å²) in [5.74, 6) is -0.280. The van der Waals surface area contributed by atoms with Gasteiger partial charge in [0.15, 0.2) is 0 Å². The third-order valence-corrected chi connectivity index (χ3v) is 4.31. The predicted molar refractivity (Wildman–Crippen MR) is 86.1 cm³/mol. The molecule has 0 aliphatic heterocycles. The Bertz CT molecular complexity index is 567. The van der Waals surface area contributed by atoms with E-state index in [4.69, 9.17) is 23.2 Å². The average molecular weight is 377 g/mol. The van der Waals surface area contributed by atoms with Gasteiger partial charge in [-0.25, -0.2) is 4.39 Å². The Morgan fingerprint density at radius 2 is 1.75 bits per heavy atom. The van der Waals surface area contributed by atoms with Gasteiger partial charge < -0.3 is 5.32 Å². The molecule has 0 aromatic heterocycles. The van der Waals surface area contributed by atoms with Crippen molar-refractivity contribution < 1.29 is 4.39 Å². The maximum atomic E-state index is 13.4. The fourth-order valence-electron chi connectivity index (χ4n) is 2.02. The van der Waals surface area contributed by atoms with Crippen molar-refractivity contribution in [3.63, 3.8) is 0 Å². The first-order valence-electron chi connectivity index (χ1n) is 6.16. The van der Waals surface area contributed by atoms with Crippen molar-refractivity contribution in [1.82, 2.24) is 5.32 Å². The first-order valence-corrected chi connectivity index (χ1v) is 7.71. The van der Waals surface area contributed by atoms with Gasteiger partial charge in [0.25, 0.3) is 0 Å². The van der Waals surface area contributed by atoms with Crippen LogP contribution >= 0.6 is 39.1 Å². The smallest absolute Gasteiger partial charge is 0.137 e. The maximum absolute atomic E-state index is 13.4. The van der Waals surface area contributed by atoms with E-state index in [1.165, 1.54) is 6.07 Å². The zero-order chi connectivity index (χ0) is 14.7. The Kier molecular flexibility index (Phi) is 5.44. The minimum absolute atomic E-state index is 0.0633. The average Bonchev–Trinajstić information content (AvgIpc) is 2.43. The summed E-state index contributed by atoms with van der Waals surface area (Å²) >= 11 is 15.2. The second-order valence-electron chi connectivity index (χ2n) is 4.34. The molecule has 20 heavy (non-hydrogen) atoms. The van der Waals surface area contributed by atoms with Crippen molar-refractivity contribution >= 4 is 39.1 Å². The molecule has 5 heteroatoms. The van der Waals surface area contributed by atoms with Gasteiger partial charge in [-0.05, 0) is 57.9 Å². The van der Waals surface area contributed by atoms with Crippen LogP contribution in [0.5, 0.6) is 0 Å². The van der Waals surface area contributed by atoms with Crippen LogP contribution in [0.25, 0.3) is 0 Å². The van der Waals surface area contributed by atoms with Gasteiger partial charge in [-0.3, -0.25) is 0 Å². The number of hydrogen-bond donors (Lipinski definition) is 1. The van der Waals surface area contributed by atoms with Crippen molar-refractivity contribution in [3.05, 3.63) is 67.9 Å². The maximum Gasteiger partial charge on any atom is 0.137 e. The van der Waals surface area contributed by atoms with Crippen LogP contribution < -0.4 is 5.32 Å². The largest absolute Gasteiger partial charge is 0.307 e. The van der Waals surface area contributed by atoms with Gasteiger partial charge in [0, 0.05) is 0 Å². The van der Waals surface area contributed by atoms with E-state index in [1.807, 2.05) is 19.1 Å². The molecule has 0 saturated carbocycles. The van der Waals surface area contributed by atoms with Crippen LogP contribution in [0.3, 0.4) is 0 Å². The second kappa shape index (κ2) is 6.90. The summed E-state index contributed by atoms with van der Waals surface area (Å²) < 4.78 is 13.8. The third kappa shape index (κ3) is 3.53. The second-order valence-corrected chi connectivity index (χ2v) is 6.01. The van der Waals surface area contributed by atoms with Crippen LogP contribution in [0.2, 0.25) is 10.0 Å². The molecule has 2 aromatic carbocycles. The lowest BCUT2D eigenvalue weighted by atomic mass is 9.98. The number of halogens is 4. The highest BCUT2D eigenvalue weighted by molar-refractivity contribution is 9.10. The highest BCUT2D eigenvalue weighted by atomic mass is 79.9. The summed E-state index contributed by atoms with van der Waals surface area (Å²) in [5, 5.41) is 4.39. The van der Waals surface area contributed by atoms with Gasteiger partial charge in [0.05, 0.1) is 20.6 Å². The van der Waals surface area contributed by atoms with Crippen molar-refractivity contribution in [1.29, 1.82) is 0 Å². The Labute approximate surface area is 136 Å². The lowest BCUT2D eigenvalue weighted by Gasteiger charge is -2.20. The zero-order valence-corrected chi connectivity index (χ0v) is 13.9. The third-order valence-electron chi connectivity index (χ3n) is 2.96. The van der Waals surface area contributed by atoms with Crippen LogP contribution in [0, 0.1) is 5.82 Å². The van der Waals surface area contributed by atoms with E-state index < -0.39 is 0 Å². The predicted octanol–water partition coefficient (Wildman–Crippen LogP) is 5.59. The quantitative estimate of drug-likeness (QED) is 0.732. The van der Waals surface area contributed by atoms with Gasteiger partial charge in [-0.1, -0.05) is 42.3 Å². The molecule has 2 aromatic rings. The van der Waals surface area contributed by atoms with Crippen molar-refractivity contribution in [2.45, 2.75) is 13.0 Å². The lowest BCUT2D eigenvalue weighted by molar-refractivity contribution is 0.608. The van der Waals surface area contributed by atoms with Crippen LogP contribution in [-0.4, -0.2) is 6.54 Å². The molecule has 1 nitrogen and oxygen atoms in total. The topological polar surface area (TPSA) is 12.0 Å². The lowest BCUT2D eigenvalue weighted by Crippen LogP contribution is -2.22. The molecular formula is C15H13BrCl2FN. The summed E-state index contributed by atoms with van der Waals surface area (Å²) in [6, 6.07) is 10.4. The summed E-state index contributed by atoms with van der Waals surface area (Å²) in [6.45, 7) is 2.79. The standard InChI is InChI=1S/C15H13BrCl2FN/c1-2-20-15(9-4-6-14(19)11(16)7-9)10-3-5-12(17)13(18)8-10/h3-8,15,20H,2H2,1H3. The molecule has 1 unspecified atom stereocenters. The SMILES string of the molecule is CCNC(c1ccc(Cl)c(Cl)c1)c1ccc(F)c(Br)c1. The molecule has 0 spiro atoms. The molecule has 1 N–H and O–H groups in total. The monoisotopic (exact) mass is 375 g/mol. The van der Waals surface area contributed by atoms with E-state index in [1.54, 1.807) is 18.2 Å². The molecule has 2 rings (SSSR count). The molecule has 0 aliphatic rings. The van der Waals surface area contributed by atoms with Crippen LogP contribution in [0.4, 0.5) is 4.39 Å². The first-order chi connectivity index (χ1) is 9.52. The van der Waals surface area contributed by atoms with Gasteiger partial charge in [-0.2, -0.15) is 0 Å². The molecule has 1 atom stereocenters. The highest BCUT2D eigenvalue weighted by Gasteiger charge is 2.15. The first kappa shape index (κ1) is 15.8. The van der Waals surface area contributed by atoms with Gasteiger partial charge >= 0.3 is 0 Å². The minimum atomic E-state index is -0.280. The van der Waals surface area contributed by atoms with E-state index in [9.17, 15) is 4.39 Å². The molecule has 0 heterocycles. The van der Waals surface area contributed by atoms with Crippen molar-refractivity contribution in [2.24, 2.45) is 0 Å². The van der Waals surface area contributed by atoms with Crippen LogP contribution in [0.15, 0.2) is 40.9 Å². The summed E-state index contributed by atoms with van der Waals surface area (Å²) in [6.07, 6.45) is 0. The molecule has 0 radical (unpaired) electrons. The summed E-state index contributed by atoms with van der Waals surface area (Å²) in [5.41, 5.74) is 1.94. The molecule has 0 amide bonds. The Balaban J connectivity index is 2.44. The molecular weight excluding hydrogens is 364 g/mol. The van der Waals surface area contributed by atoms with Crippen molar-refractivity contribution in [2.75, 3.05) is 6.54 Å². The van der Waals surface area contributed by atoms with E-state index in [0.717, 1.165) is 17.7 Å². The van der Waals surface area contributed by atoms with Crippen LogP contribution in [-0.2, 0) is 0 Å². The molecule has 0 aliphatic carbocycles. The normalized spacial score (nSPS) is 12.4. The fraction of sp³-hybridized carbons (Fsp3) is 0.200. The Hall–Kier alpha value is -0.610. The van der Waals surface area contributed by atoms with Gasteiger partial charge in [-0.15, -0.1) is 0 Å². The molecule has 0 saturated heterocycles. The number of benzene rings is 2. The van der Waals surface area contributed by atoms with E-state index in [0.29, 0.717) is 14.5 Å². The van der Waals surface area contributed by atoms with E-state index in [-0.39, 0.29) is 11.9 Å².